The molecule has 132 valence electrons. The highest BCUT2D eigenvalue weighted by Gasteiger charge is 2.32. The molecule has 4 nitrogen and oxygen atoms in total. The second-order valence-corrected chi connectivity index (χ2v) is 7.51. The summed E-state index contributed by atoms with van der Waals surface area (Å²) in [6.45, 7) is 6.97. The van der Waals surface area contributed by atoms with E-state index < -0.39 is 0 Å². The molecule has 2 rings (SSSR count). The zero-order valence-electron chi connectivity index (χ0n) is 15.1. The standard InChI is InChI=1S/C20H30N2O2/c1-4-20(2,3)16-10-12-17(13-11-16)22-18(23)14-21-19(24)15-8-6-5-7-9-15/h5-9,16-17H,4,10-14H2,1-3H3,(H,21,24)(H,22,23). The number of hydrogen-bond acceptors (Lipinski definition) is 2. The zero-order valence-corrected chi connectivity index (χ0v) is 15.1. The van der Waals surface area contributed by atoms with Gasteiger partial charge in [0.1, 0.15) is 0 Å². The fourth-order valence-corrected chi connectivity index (χ4v) is 3.44. The molecule has 0 atom stereocenters. The van der Waals surface area contributed by atoms with Crippen LogP contribution in [0.5, 0.6) is 0 Å². The normalized spacial score (nSPS) is 21.1. The predicted molar refractivity (Wildman–Crippen MR) is 96.7 cm³/mol. The van der Waals surface area contributed by atoms with Crippen LogP contribution in [0.15, 0.2) is 30.3 Å². The van der Waals surface area contributed by atoms with Crippen LogP contribution in [-0.4, -0.2) is 24.4 Å². The second-order valence-electron chi connectivity index (χ2n) is 7.51. The second kappa shape index (κ2) is 8.32. The average molecular weight is 330 g/mol. The van der Waals surface area contributed by atoms with Gasteiger partial charge in [-0.1, -0.05) is 45.4 Å². The van der Waals surface area contributed by atoms with Crippen molar-refractivity contribution in [2.75, 3.05) is 6.54 Å². The van der Waals surface area contributed by atoms with E-state index in [1.165, 1.54) is 19.3 Å². The van der Waals surface area contributed by atoms with Crippen LogP contribution in [0.4, 0.5) is 0 Å². The number of carbonyl (C=O) groups excluding carboxylic acids is 2. The Labute approximate surface area is 145 Å². The van der Waals surface area contributed by atoms with E-state index in [0.29, 0.717) is 11.0 Å². The van der Waals surface area contributed by atoms with Crippen molar-refractivity contribution in [2.45, 2.75) is 58.9 Å². The first-order valence-electron chi connectivity index (χ1n) is 9.05. The Morgan fingerprint density at radius 2 is 1.71 bits per heavy atom. The van der Waals surface area contributed by atoms with Crippen molar-refractivity contribution in [3.8, 4) is 0 Å². The van der Waals surface area contributed by atoms with E-state index in [4.69, 9.17) is 0 Å². The van der Waals surface area contributed by atoms with Crippen LogP contribution in [0.3, 0.4) is 0 Å². The molecular formula is C20H30N2O2. The van der Waals surface area contributed by atoms with E-state index in [1.54, 1.807) is 12.1 Å². The highest BCUT2D eigenvalue weighted by atomic mass is 16.2. The van der Waals surface area contributed by atoms with Crippen LogP contribution in [0.2, 0.25) is 0 Å². The van der Waals surface area contributed by atoms with E-state index in [0.717, 1.165) is 18.8 Å². The van der Waals surface area contributed by atoms with Gasteiger partial charge >= 0.3 is 0 Å². The van der Waals surface area contributed by atoms with Crippen LogP contribution >= 0.6 is 0 Å². The maximum Gasteiger partial charge on any atom is 0.251 e. The lowest BCUT2D eigenvalue weighted by atomic mass is 9.69. The number of benzene rings is 1. The minimum absolute atomic E-state index is 0.0358. The molecule has 1 aromatic rings. The molecule has 1 fully saturated rings. The molecule has 0 radical (unpaired) electrons. The summed E-state index contributed by atoms with van der Waals surface area (Å²) in [6, 6.07) is 9.21. The molecule has 2 N–H and O–H groups in total. The molecule has 0 aromatic heterocycles. The molecule has 0 bridgehead atoms. The summed E-state index contributed by atoms with van der Waals surface area (Å²) in [6.07, 6.45) is 5.60. The Hall–Kier alpha value is -1.84. The van der Waals surface area contributed by atoms with E-state index in [1.807, 2.05) is 18.2 Å². The summed E-state index contributed by atoms with van der Waals surface area (Å²) in [7, 11) is 0. The van der Waals surface area contributed by atoms with Gasteiger partial charge < -0.3 is 10.6 Å². The minimum Gasteiger partial charge on any atom is -0.352 e. The number of nitrogens with one attached hydrogen (secondary N) is 2. The lowest BCUT2D eigenvalue weighted by molar-refractivity contribution is -0.121. The molecular weight excluding hydrogens is 300 g/mol. The minimum atomic E-state index is -0.209. The molecule has 24 heavy (non-hydrogen) atoms. The molecule has 0 aliphatic heterocycles. The third-order valence-electron chi connectivity index (χ3n) is 5.55. The molecule has 0 spiro atoms. The number of carbonyl (C=O) groups is 2. The lowest BCUT2D eigenvalue weighted by Gasteiger charge is -2.39. The van der Waals surface area contributed by atoms with E-state index in [2.05, 4.69) is 31.4 Å². The summed E-state index contributed by atoms with van der Waals surface area (Å²) in [4.78, 5) is 24.0. The summed E-state index contributed by atoms with van der Waals surface area (Å²) >= 11 is 0. The summed E-state index contributed by atoms with van der Waals surface area (Å²) in [5.74, 6) is 0.435. The van der Waals surface area contributed by atoms with Crippen molar-refractivity contribution in [3.05, 3.63) is 35.9 Å². The van der Waals surface area contributed by atoms with Gasteiger partial charge in [-0.15, -0.1) is 0 Å². The largest absolute Gasteiger partial charge is 0.352 e. The van der Waals surface area contributed by atoms with Crippen molar-refractivity contribution in [2.24, 2.45) is 11.3 Å². The zero-order chi connectivity index (χ0) is 17.6. The fourth-order valence-electron chi connectivity index (χ4n) is 3.44. The van der Waals surface area contributed by atoms with Gasteiger partial charge in [0.05, 0.1) is 6.54 Å². The first-order chi connectivity index (χ1) is 11.4. The first-order valence-corrected chi connectivity index (χ1v) is 9.05. The van der Waals surface area contributed by atoms with E-state index in [9.17, 15) is 9.59 Å². The molecule has 0 saturated heterocycles. The maximum absolute atomic E-state index is 12.1. The number of rotatable bonds is 6. The molecule has 1 aliphatic rings. The van der Waals surface area contributed by atoms with Gasteiger partial charge in [-0.2, -0.15) is 0 Å². The molecule has 0 unspecified atom stereocenters. The van der Waals surface area contributed by atoms with Gasteiger partial charge in [0.2, 0.25) is 5.91 Å². The van der Waals surface area contributed by atoms with Gasteiger partial charge in [-0.3, -0.25) is 9.59 Å². The van der Waals surface area contributed by atoms with Gasteiger partial charge in [0.25, 0.3) is 5.91 Å². The monoisotopic (exact) mass is 330 g/mol. The topological polar surface area (TPSA) is 58.2 Å². The summed E-state index contributed by atoms with van der Waals surface area (Å²) in [5.41, 5.74) is 0.964. The molecule has 0 heterocycles. The molecule has 1 saturated carbocycles. The van der Waals surface area contributed by atoms with Crippen LogP contribution in [-0.2, 0) is 4.79 Å². The van der Waals surface area contributed by atoms with Crippen molar-refractivity contribution >= 4 is 11.8 Å². The Balaban J connectivity index is 1.71. The van der Waals surface area contributed by atoms with Gasteiger partial charge in [-0.25, -0.2) is 0 Å². The Morgan fingerprint density at radius 1 is 1.08 bits per heavy atom. The third-order valence-corrected chi connectivity index (χ3v) is 5.55. The van der Waals surface area contributed by atoms with Crippen LogP contribution in [0.1, 0.15) is 63.2 Å². The Kier molecular flexibility index (Phi) is 6.41. The van der Waals surface area contributed by atoms with Crippen LogP contribution < -0.4 is 10.6 Å². The smallest absolute Gasteiger partial charge is 0.251 e. The highest BCUT2D eigenvalue weighted by molar-refractivity contribution is 5.96. The summed E-state index contributed by atoms with van der Waals surface area (Å²) in [5, 5.41) is 5.74. The quantitative estimate of drug-likeness (QED) is 0.838. The molecule has 2 amide bonds. The Morgan fingerprint density at radius 3 is 2.29 bits per heavy atom. The Bertz CT molecular complexity index is 546. The molecule has 1 aromatic carbocycles. The van der Waals surface area contributed by atoms with Crippen LogP contribution in [0.25, 0.3) is 0 Å². The first kappa shape index (κ1) is 18.5. The molecule has 4 heteroatoms. The number of amides is 2. The van der Waals surface area contributed by atoms with E-state index >= 15 is 0 Å². The lowest BCUT2D eigenvalue weighted by Crippen LogP contribution is -2.44. The number of hydrogen-bond donors (Lipinski definition) is 2. The van der Waals surface area contributed by atoms with Gasteiger partial charge in [0, 0.05) is 11.6 Å². The highest BCUT2D eigenvalue weighted by Crippen LogP contribution is 2.40. The SMILES string of the molecule is CCC(C)(C)C1CCC(NC(=O)CNC(=O)c2ccccc2)CC1. The van der Waals surface area contributed by atoms with Gasteiger partial charge in [-0.05, 0) is 49.1 Å². The van der Waals surface area contributed by atoms with Gasteiger partial charge in [0.15, 0.2) is 0 Å². The maximum atomic E-state index is 12.1. The van der Waals surface area contributed by atoms with E-state index in [-0.39, 0.29) is 24.4 Å². The molecule has 1 aliphatic carbocycles. The van der Waals surface area contributed by atoms with Crippen LogP contribution in [0, 0.1) is 11.3 Å². The fraction of sp³-hybridized carbons (Fsp3) is 0.600. The third kappa shape index (κ3) is 5.08. The summed E-state index contributed by atoms with van der Waals surface area (Å²) < 4.78 is 0. The predicted octanol–water partition coefficient (Wildman–Crippen LogP) is 3.53. The van der Waals surface area contributed by atoms with Crippen molar-refractivity contribution < 1.29 is 9.59 Å². The van der Waals surface area contributed by atoms with Crippen molar-refractivity contribution in [1.29, 1.82) is 0 Å². The average Bonchev–Trinajstić information content (AvgIpc) is 2.61. The van der Waals surface area contributed by atoms with Crippen molar-refractivity contribution in [3.63, 3.8) is 0 Å². The van der Waals surface area contributed by atoms with Crippen molar-refractivity contribution in [1.82, 2.24) is 10.6 Å².